The van der Waals surface area contributed by atoms with Gasteiger partial charge in [-0.1, -0.05) is 38.2 Å². The number of carbonyl (C=O) groups excluding carboxylic acids is 1. The number of rotatable bonds is 11. The smallest absolute Gasteiger partial charge is 0.317 e. The first kappa shape index (κ1) is 26.8. The monoisotopic (exact) mass is 481 g/mol. The molecular weight excluding hydrogens is 440 g/mol. The number of hydrogen-bond donors (Lipinski definition) is 2. The summed E-state index contributed by atoms with van der Waals surface area (Å²) in [6, 6.07) is 3.46. The maximum atomic E-state index is 14.7. The van der Waals surface area contributed by atoms with Crippen LogP contribution < -0.4 is 11.1 Å². The Balaban J connectivity index is 1.64. The van der Waals surface area contributed by atoms with E-state index in [0.717, 1.165) is 25.3 Å². The van der Waals surface area contributed by atoms with Gasteiger partial charge in [-0.15, -0.1) is 0 Å². The zero-order chi connectivity index (χ0) is 24.3. The minimum absolute atomic E-state index is 0.0355. The lowest BCUT2D eigenvalue weighted by Gasteiger charge is -2.38. The standard InChI is InChI=1S/C26H41F2N3O3/c1-33-13-6-14-34-25(23-11-10-21(27)16-24(23)28)20-9-5-12-31(18-20)26(32)30-22(17-29)15-19-7-3-2-4-8-19/h10-11,16,19-20,22,25H,2-9,12-15,17-18,29H2,1H3,(H,30,32)/t20-,22+,25?/m1/s1. The van der Waals surface area contributed by atoms with Gasteiger partial charge in [0.15, 0.2) is 0 Å². The van der Waals surface area contributed by atoms with Crippen molar-refractivity contribution >= 4 is 6.03 Å². The van der Waals surface area contributed by atoms with E-state index in [1.54, 1.807) is 12.0 Å². The molecule has 1 aliphatic heterocycles. The summed E-state index contributed by atoms with van der Waals surface area (Å²) in [5.41, 5.74) is 6.33. The van der Waals surface area contributed by atoms with E-state index >= 15 is 0 Å². The van der Waals surface area contributed by atoms with Crippen LogP contribution in [0.25, 0.3) is 0 Å². The topological polar surface area (TPSA) is 76.8 Å². The molecule has 0 bridgehead atoms. The van der Waals surface area contributed by atoms with Gasteiger partial charge in [0.1, 0.15) is 11.6 Å². The average Bonchev–Trinajstić information content (AvgIpc) is 2.85. The predicted molar refractivity (Wildman–Crippen MR) is 128 cm³/mol. The molecule has 1 saturated carbocycles. The van der Waals surface area contributed by atoms with E-state index in [-0.39, 0.29) is 18.0 Å². The molecule has 1 aromatic carbocycles. The van der Waals surface area contributed by atoms with Gasteiger partial charge in [-0.2, -0.15) is 0 Å². The minimum atomic E-state index is -0.617. The maximum absolute atomic E-state index is 14.7. The fourth-order valence-corrected chi connectivity index (χ4v) is 5.37. The molecule has 34 heavy (non-hydrogen) atoms. The van der Waals surface area contributed by atoms with Crippen molar-refractivity contribution in [1.82, 2.24) is 10.2 Å². The number of nitrogens with one attached hydrogen (secondary N) is 1. The summed E-state index contributed by atoms with van der Waals surface area (Å²) in [4.78, 5) is 14.9. The number of benzene rings is 1. The van der Waals surface area contributed by atoms with Crippen LogP contribution in [0.5, 0.6) is 0 Å². The Labute approximate surface area is 202 Å². The molecule has 2 amide bonds. The lowest BCUT2D eigenvalue weighted by atomic mass is 9.85. The van der Waals surface area contributed by atoms with Crippen LogP contribution in [0.3, 0.4) is 0 Å². The molecule has 2 aliphatic rings. The zero-order valence-corrected chi connectivity index (χ0v) is 20.4. The molecule has 3 N–H and O–H groups in total. The number of nitrogens with zero attached hydrogens (tertiary/aromatic N) is 1. The third-order valence-electron chi connectivity index (χ3n) is 7.19. The molecule has 3 rings (SSSR count). The second-order valence-corrected chi connectivity index (χ2v) is 9.77. The van der Waals surface area contributed by atoms with Gasteiger partial charge < -0.3 is 25.4 Å². The van der Waals surface area contributed by atoms with E-state index in [1.165, 1.54) is 44.2 Å². The first-order valence-electron chi connectivity index (χ1n) is 12.8. The highest BCUT2D eigenvalue weighted by atomic mass is 19.1. The van der Waals surface area contributed by atoms with Crippen LogP contribution in [0.15, 0.2) is 18.2 Å². The van der Waals surface area contributed by atoms with Gasteiger partial charge in [0.2, 0.25) is 0 Å². The van der Waals surface area contributed by atoms with E-state index in [2.05, 4.69) is 5.32 Å². The Hall–Kier alpha value is -1.77. The molecule has 0 aromatic heterocycles. The predicted octanol–water partition coefficient (Wildman–Crippen LogP) is 4.78. The third kappa shape index (κ3) is 7.89. The van der Waals surface area contributed by atoms with Gasteiger partial charge in [-0.25, -0.2) is 13.6 Å². The SMILES string of the molecule is COCCCOC(c1ccc(F)cc1F)[C@@H]1CCCN(C(=O)N[C@H](CN)CC2CCCCC2)C1. The number of amides is 2. The lowest BCUT2D eigenvalue weighted by molar-refractivity contribution is -0.0186. The maximum Gasteiger partial charge on any atom is 0.317 e. The second kappa shape index (κ2) is 14.0. The summed E-state index contributed by atoms with van der Waals surface area (Å²) in [7, 11) is 1.62. The van der Waals surface area contributed by atoms with Crippen LogP contribution in [0.4, 0.5) is 13.6 Å². The van der Waals surface area contributed by atoms with Crippen LogP contribution in [-0.4, -0.2) is 56.9 Å². The number of carbonyl (C=O) groups is 1. The average molecular weight is 482 g/mol. The molecule has 6 nitrogen and oxygen atoms in total. The first-order valence-corrected chi connectivity index (χ1v) is 12.8. The number of ether oxygens (including phenoxy) is 2. The number of likely N-dealkylation sites (tertiary alicyclic amines) is 1. The molecule has 8 heteroatoms. The van der Waals surface area contributed by atoms with E-state index in [9.17, 15) is 13.6 Å². The largest absolute Gasteiger partial charge is 0.385 e. The molecule has 192 valence electrons. The highest BCUT2D eigenvalue weighted by Gasteiger charge is 2.33. The summed E-state index contributed by atoms with van der Waals surface area (Å²) in [6.07, 6.45) is 8.89. The summed E-state index contributed by atoms with van der Waals surface area (Å²) >= 11 is 0. The van der Waals surface area contributed by atoms with Crippen LogP contribution in [0.1, 0.15) is 69.5 Å². The quantitative estimate of drug-likeness (QED) is 0.446. The number of urea groups is 1. The van der Waals surface area contributed by atoms with Gasteiger partial charge in [0.05, 0.1) is 6.10 Å². The van der Waals surface area contributed by atoms with Crippen LogP contribution in [0, 0.1) is 23.5 Å². The molecule has 0 spiro atoms. The molecular formula is C26H41F2N3O3. The summed E-state index contributed by atoms with van der Waals surface area (Å²) in [6.45, 7) is 2.46. The summed E-state index contributed by atoms with van der Waals surface area (Å²) in [5, 5.41) is 3.14. The molecule has 1 aliphatic carbocycles. The van der Waals surface area contributed by atoms with Crippen molar-refractivity contribution < 1.29 is 23.0 Å². The van der Waals surface area contributed by atoms with Crippen molar-refractivity contribution in [3.8, 4) is 0 Å². The van der Waals surface area contributed by atoms with Crippen molar-refractivity contribution in [3.63, 3.8) is 0 Å². The Morgan fingerprint density at radius 3 is 2.68 bits per heavy atom. The summed E-state index contributed by atoms with van der Waals surface area (Å²) in [5.74, 6) is -0.691. The fourth-order valence-electron chi connectivity index (χ4n) is 5.37. The van der Waals surface area contributed by atoms with Gasteiger partial charge in [0.25, 0.3) is 0 Å². The van der Waals surface area contributed by atoms with Gasteiger partial charge in [-0.05, 0) is 37.7 Å². The number of piperidine rings is 1. The van der Waals surface area contributed by atoms with Crippen molar-refractivity contribution in [2.45, 2.75) is 69.9 Å². The van der Waals surface area contributed by atoms with E-state index < -0.39 is 17.7 Å². The molecule has 1 unspecified atom stereocenters. The Morgan fingerprint density at radius 2 is 1.97 bits per heavy atom. The van der Waals surface area contributed by atoms with Crippen molar-refractivity contribution in [2.75, 3.05) is 40.0 Å². The molecule has 0 radical (unpaired) electrons. The van der Waals surface area contributed by atoms with E-state index in [1.807, 2.05) is 0 Å². The Bertz CT molecular complexity index is 761. The van der Waals surface area contributed by atoms with Crippen LogP contribution in [0.2, 0.25) is 0 Å². The normalized spacial score (nSPS) is 21.3. The molecule has 1 saturated heterocycles. The minimum Gasteiger partial charge on any atom is -0.385 e. The molecule has 3 atom stereocenters. The van der Waals surface area contributed by atoms with Crippen molar-refractivity contribution in [1.29, 1.82) is 0 Å². The zero-order valence-electron chi connectivity index (χ0n) is 20.4. The number of methoxy groups -OCH3 is 1. The number of nitrogens with two attached hydrogens (primary N) is 1. The van der Waals surface area contributed by atoms with Crippen molar-refractivity contribution in [2.24, 2.45) is 17.6 Å². The van der Waals surface area contributed by atoms with Crippen LogP contribution >= 0.6 is 0 Å². The highest BCUT2D eigenvalue weighted by Crippen LogP contribution is 2.35. The fraction of sp³-hybridized carbons (Fsp3) is 0.731. The second-order valence-electron chi connectivity index (χ2n) is 9.77. The number of hydrogen-bond acceptors (Lipinski definition) is 4. The van der Waals surface area contributed by atoms with E-state index in [4.69, 9.17) is 15.2 Å². The highest BCUT2D eigenvalue weighted by molar-refractivity contribution is 5.74. The third-order valence-corrected chi connectivity index (χ3v) is 7.19. The van der Waals surface area contributed by atoms with E-state index in [0.29, 0.717) is 50.8 Å². The molecule has 1 heterocycles. The Morgan fingerprint density at radius 1 is 1.18 bits per heavy atom. The lowest BCUT2D eigenvalue weighted by Crippen LogP contribution is -2.51. The summed E-state index contributed by atoms with van der Waals surface area (Å²) < 4.78 is 39.4. The van der Waals surface area contributed by atoms with Gasteiger partial charge in [0, 0.05) is 63.5 Å². The first-order chi connectivity index (χ1) is 16.5. The Kier molecular flexibility index (Phi) is 11.0. The van der Waals surface area contributed by atoms with Gasteiger partial charge in [-0.3, -0.25) is 0 Å². The van der Waals surface area contributed by atoms with Crippen molar-refractivity contribution in [3.05, 3.63) is 35.4 Å². The number of halogens is 2. The van der Waals surface area contributed by atoms with Gasteiger partial charge >= 0.3 is 6.03 Å². The van der Waals surface area contributed by atoms with Crippen LogP contribution in [-0.2, 0) is 9.47 Å². The molecule has 2 fully saturated rings. The molecule has 1 aromatic rings.